The summed E-state index contributed by atoms with van der Waals surface area (Å²) in [4.78, 5) is 0.456. The van der Waals surface area contributed by atoms with Gasteiger partial charge in [-0.15, -0.1) is 0 Å². The van der Waals surface area contributed by atoms with Crippen molar-refractivity contribution in [3.8, 4) is 0 Å². The highest BCUT2D eigenvalue weighted by atomic mass is 32.2. The topological polar surface area (TPSA) is 49.4 Å². The minimum absolute atomic E-state index is 0.456. The van der Waals surface area contributed by atoms with Crippen molar-refractivity contribution in [2.45, 2.75) is 32.1 Å². The third-order valence-corrected chi connectivity index (χ3v) is 5.75. The average molecular weight is 282 g/mol. The molecule has 0 amide bonds. The molecule has 0 spiro atoms. The number of rotatable bonds is 2. The fourth-order valence-corrected chi connectivity index (χ4v) is 4.18. The largest absolute Gasteiger partial charge is 0.315 e. The van der Waals surface area contributed by atoms with E-state index < -0.39 is 10.0 Å². The maximum absolute atomic E-state index is 12.7. The molecule has 106 valence electrons. The van der Waals surface area contributed by atoms with E-state index in [1.807, 2.05) is 26.8 Å². The summed E-state index contributed by atoms with van der Waals surface area (Å²) in [5.74, 6) is 0. The van der Waals surface area contributed by atoms with Gasteiger partial charge in [-0.1, -0.05) is 6.07 Å². The lowest BCUT2D eigenvalue weighted by atomic mass is 10.1. The standard InChI is InChI=1S/C14H22N2O2S/c1-11-9-13(3)14(10-12(11)2)19(17,18)16-7-4-5-15-6-8-16/h9-10,15H,4-8H2,1-3H3. The number of nitrogens with zero attached hydrogens (tertiary/aromatic N) is 1. The van der Waals surface area contributed by atoms with Gasteiger partial charge in [0.25, 0.3) is 0 Å². The normalized spacial score (nSPS) is 18.3. The Labute approximate surface area is 115 Å². The van der Waals surface area contributed by atoms with E-state index in [4.69, 9.17) is 0 Å². The Morgan fingerprint density at radius 2 is 1.68 bits per heavy atom. The van der Waals surface area contributed by atoms with E-state index in [0.29, 0.717) is 18.0 Å². The first kappa shape index (κ1) is 14.5. The zero-order valence-electron chi connectivity index (χ0n) is 11.9. The van der Waals surface area contributed by atoms with Crippen molar-refractivity contribution in [2.24, 2.45) is 0 Å². The molecule has 0 aromatic heterocycles. The van der Waals surface area contributed by atoms with E-state index in [0.717, 1.165) is 36.2 Å². The predicted molar refractivity (Wildman–Crippen MR) is 76.9 cm³/mol. The van der Waals surface area contributed by atoms with Gasteiger partial charge in [-0.25, -0.2) is 8.42 Å². The molecule has 1 aliphatic rings. The van der Waals surface area contributed by atoms with Gasteiger partial charge in [0.2, 0.25) is 10.0 Å². The van der Waals surface area contributed by atoms with Crippen molar-refractivity contribution >= 4 is 10.0 Å². The summed E-state index contributed by atoms with van der Waals surface area (Å²) in [5, 5.41) is 3.23. The Hall–Kier alpha value is -0.910. The summed E-state index contributed by atoms with van der Waals surface area (Å²) in [6.07, 6.45) is 0.864. The maximum Gasteiger partial charge on any atom is 0.243 e. The highest BCUT2D eigenvalue weighted by molar-refractivity contribution is 7.89. The first-order chi connectivity index (χ1) is 8.93. The summed E-state index contributed by atoms with van der Waals surface area (Å²) in [6, 6.07) is 3.76. The van der Waals surface area contributed by atoms with Crippen LogP contribution in [0.2, 0.25) is 0 Å². The van der Waals surface area contributed by atoms with Crippen molar-refractivity contribution in [2.75, 3.05) is 26.2 Å². The molecular formula is C14H22N2O2S. The molecule has 0 atom stereocenters. The van der Waals surface area contributed by atoms with Crippen molar-refractivity contribution in [1.29, 1.82) is 0 Å². The van der Waals surface area contributed by atoms with Gasteiger partial charge >= 0.3 is 0 Å². The number of aryl methyl sites for hydroxylation is 3. The van der Waals surface area contributed by atoms with Gasteiger partial charge in [0.15, 0.2) is 0 Å². The average Bonchev–Trinajstić information content (AvgIpc) is 2.62. The molecule has 4 nitrogen and oxygen atoms in total. The second-order valence-corrected chi connectivity index (χ2v) is 7.12. The van der Waals surface area contributed by atoms with Crippen LogP contribution in [0.3, 0.4) is 0 Å². The number of sulfonamides is 1. The lowest BCUT2D eigenvalue weighted by Crippen LogP contribution is -2.34. The lowest BCUT2D eigenvalue weighted by molar-refractivity contribution is 0.431. The van der Waals surface area contributed by atoms with E-state index in [9.17, 15) is 8.42 Å². The Morgan fingerprint density at radius 3 is 2.42 bits per heavy atom. The monoisotopic (exact) mass is 282 g/mol. The van der Waals surface area contributed by atoms with Crippen LogP contribution in [0.4, 0.5) is 0 Å². The number of benzene rings is 1. The van der Waals surface area contributed by atoms with Crippen molar-refractivity contribution < 1.29 is 8.42 Å². The number of hydrogen-bond donors (Lipinski definition) is 1. The molecular weight excluding hydrogens is 260 g/mol. The van der Waals surface area contributed by atoms with Gasteiger partial charge < -0.3 is 5.32 Å². The van der Waals surface area contributed by atoms with Crippen LogP contribution in [0.25, 0.3) is 0 Å². The maximum atomic E-state index is 12.7. The summed E-state index contributed by atoms with van der Waals surface area (Å²) in [5.41, 5.74) is 2.99. The SMILES string of the molecule is Cc1cc(C)c(S(=O)(=O)N2CCCNCC2)cc1C. The van der Waals surface area contributed by atoms with Crippen LogP contribution >= 0.6 is 0 Å². The third kappa shape index (κ3) is 2.99. The van der Waals surface area contributed by atoms with E-state index in [2.05, 4.69) is 5.32 Å². The molecule has 1 aromatic carbocycles. The summed E-state index contributed by atoms with van der Waals surface area (Å²) in [7, 11) is -3.36. The first-order valence-corrected chi connectivity index (χ1v) is 8.15. The van der Waals surface area contributed by atoms with Gasteiger partial charge in [0, 0.05) is 19.6 Å². The minimum Gasteiger partial charge on any atom is -0.315 e. The molecule has 0 unspecified atom stereocenters. The Kier molecular flexibility index (Phi) is 4.28. The molecule has 1 saturated heterocycles. The Bertz CT molecular complexity index is 559. The summed E-state index contributed by atoms with van der Waals surface area (Å²) in [6.45, 7) is 8.60. The molecule has 5 heteroatoms. The minimum atomic E-state index is -3.36. The van der Waals surface area contributed by atoms with E-state index in [-0.39, 0.29) is 0 Å². The Balaban J connectivity index is 2.41. The van der Waals surface area contributed by atoms with Gasteiger partial charge in [-0.2, -0.15) is 4.31 Å². The number of nitrogens with one attached hydrogen (secondary N) is 1. The molecule has 1 aliphatic heterocycles. The molecule has 0 bridgehead atoms. The molecule has 0 aliphatic carbocycles. The molecule has 19 heavy (non-hydrogen) atoms. The zero-order valence-corrected chi connectivity index (χ0v) is 12.7. The molecule has 1 N–H and O–H groups in total. The molecule has 1 heterocycles. The van der Waals surface area contributed by atoms with Crippen molar-refractivity contribution in [3.05, 3.63) is 28.8 Å². The van der Waals surface area contributed by atoms with Crippen LogP contribution in [0, 0.1) is 20.8 Å². The predicted octanol–water partition coefficient (Wildman–Crippen LogP) is 1.60. The molecule has 1 aromatic rings. The van der Waals surface area contributed by atoms with Crippen LogP contribution in [-0.2, 0) is 10.0 Å². The van der Waals surface area contributed by atoms with Crippen LogP contribution in [0.15, 0.2) is 17.0 Å². The van der Waals surface area contributed by atoms with Crippen LogP contribution < -0.4 is 5.32 Å². The zero-order chi connectivity index (χ0) is 14.0. The molecule has 0 saturated carbocycles. The highest BCUT2D eigenvalue weighted by Gasteiger charge is 2.26. The summed E-state index contributed by atoms with van der Waals surface area (Å²) >= 11 is 0. The van der Waals surface area contributed by atoms with E-state index in [1.54, 1.807) is 10.4 Å². The molecule has 2 rings (SSSR count). The smallest absolute Gasteiger partial charge is 0.243 e. The fourth-order valence-electron chi connectivity index (χ4n) is 2.41. The fraction of sp³-hybridized carbons (Fsp3) is 0.571. The van der Waals surface area contributed by atoms with E-state index >= 15 is 0 Å². The molecule has 0 radical (unpaired) electrons. The number of hydrogen-bond acceptors (Lipinski definition) is 3. The third-order valence-electron chi connectivity index (χ3n) is 3.71. The summed E-state index contributed by atoms with van der Waals surface area (Å²) < 4.78 is 27.0. The van der Waals surface area contributed by atoms with Gasteiger partial charge in [0.1, 0.15) is 0 Å². The second-order valence-electron chi connectivity index (χ2n) is 5.21. The van der Waals surface area contributed by atoms with Crippen LogP contribution in [0.1, 0.15) is 23.1 Å². The Morgan fingerprint density at radius 1 is 1.00 bits per heavy atom. The highest BCUT2D eigenvalue weighted by Crippen LogP contribution is 2.23. The van der Waals surface area contributed by atoms with Crippen LogP contribution in [0.5, 0.6) is 0 Å². The quantitative estimate of drug-likeness (QED) is 0.896. The van der Waals surface area contributed by atoms with Gasteiger partial charge in [0.05, 0.1) is 4.90 Å². The van der Waals surface area contributed by atoms with Gasteiger partial charge in [-0.3, -0.25) is 0 Å². The van der Waals surface area contributed by atoms with Gasteiger partial charge in [-0.05, 0) is 56.5 Å². The van der Waals surface area contributed by atoms with Crippen molar-refractivity contribution in [3.63, 3.8) is 0 Å². The van der Waals surface area contributed by atoms with Crippen LogP contribution in [-0.4, -0.2) is 38.9 Å². The lowest BCUT2D eigenvalue weighted by Gasteiger charge is -2.21. The molecule has 1 fully saturated rings. The van der Waals surface area contributed by atoms with Crippen molar-refractivity contribution in [1.82, 2.24) is 9.62 Å². The van der Waals surface area contributed by atoms with E-state index in [1.165, 1.54) is 0 Å². The second kappa shape index (κ2) is 5.61. The first-order valence-electron chi connectivity index (χ1n) is 6.71.